The smallest absolute Gasteiger partial charge is 0.198 e. The number of imidazole rings is 1. The number of nitrogens with one attached hydrogen (secondary N) is 2. The summed E-state index contributed by atoms with van der Waals surface area (Å²) in [6.07, 6.45) is 8.93. The van der Waals surface area contributed by atoms with Crippen molar-refractivity contribution in [2.75, 3.05) is 5.32 Å². The fourth-order valence-electron chi connectivity index (χ4n) is 4.07. The highest BCUT2D eigenvalue weighted by atomic mass is 19.1. The van der Waals surface area contributed by atoms with Gasteiger partial charge in [-0.3, -0.25) is 4.40 Å². The lowest BCUT2D eigenvalue weighted by atomic mass is 9.91. The first kappa shape index (κ1) is 17.0. The third-order valence-electron chi connectivity index (χ3n) is 5.57. The second-order valence-corrected chi connectivity index (χ2v) is 7.32. The normalized spacial score (nSPS) is 20.1. The molecule has 0 aromatic carbocycles. The van der Waals surface area contributed by atoms with E-state index in [-0.39, 0.29) is 29.2 Å². The van der Waals surface area contributed by atoms with E-state index in [1.54, 1.807) is 6.20 Å². The van der Waals surface area contributed by atoms with Crippen LogP contribution in [0.3, 0.4) is 0 Å². The average Bonchev–Trinajstić information content (AvgIpc) is 3.30. The molecule has 2 atom stereocenters. The van der Waals surface area contributed by atoms with E-state index in [1.807, 2.05) is 28.8 Å². The highest BCUT2D eigenvalue weighted by molar-refractivity contribution is 6.00. The molecule has 0 spiro atoms. The van der Waals surface area contributed by atoms with Crippen molar-refractivity contribution in [3.63, 3.8) is 0 Å². The number of rotatable bonds is 3. The molecule has 0 radical (unpaired) electrons. The lowest BCUT2D eigenvalue weighted by Crippen LogP contribution is -2.43. The molecule has 28 heavy (non-hydrogen) atoms. The number of hydrogen-bond donors (Lipinski definition) is 4. The van der Waals surface area contributed by atoms with Gasteiger partial charge in [0.1, 0.15) is 11.3 Å². The molecule has 5 N–H and O–H groups in total. The van der Waals surface area contributed by atoms with Gasteiger partial charge in [0.2, 0.25) is 0 Å². The van der Waals surface area contributed by atoms with Crippen molar-refractivity contribution in [2.24, 2.45) is 5.73 Å². The topological polar surface area (TPSA) is 104 Å². The Labute approximate surface area is 160 Å². The van der Waals surface area contributed by atoms with Crippen LogP contribution in [0.25, 0.3) is 27.8 Å². The maximum atomic E-state index is 15.2. The molecule has 4 aromatic rings. The van der Waals surface area contributed by atoms with Crippen LogP contribution in [0.2, 0.25) is 0 Å². The first-order valence-corrected chi connectivity index (χ1v) is 9.47. The number of anilines is 1. The van der Waals surface area contributed by atoms with Crippen LogP contribution in [-0.4, -0.2) is 36.5 Å². The number of H-pyrrole nitrogens is 1. The van der Waals surface area contributed by atoms with Gasteiger partial charge in [0.15, 0.2) is 17.5 Å². The number of pyridine rings is 2. The maximum Gasteiger partial charge on any atom is 0.198 e. The van der Waals surface area contributed by atoms with Gasteiger partial charge in [-0.2, -0.15) is 0 Å². The average molecular weight is 380 g/mol. The summed E-state index contributed by atoms with van der Waals surface area (Å²) in [6, 6.07) is 5.59. The van der Waals surface area contributed by atoms with Crippen LogP contribution in [-0.2, 0) is 0 Å². The van der Waals surface area contributed by atoms with Crippen molar-refractivity contribution < 1.29 is 9.50 Å². The Bertz CT molecular complexity index is 1170. The number of nitrogens with two attached hydrogens (primary N) is 1. The van der Waals surface area contributed by atoms with Crippen molar-refractivity contribution in [1.82, 2.24) is 19.4 Å². The van der Waals surface area contributed by atoms with E-state index < -0.39 is 5.82 Å². The zero-order valence-electron chi connectivity index (χ0n) is 15.2. The standard InChI is InChI=1S/C20H21FN6O/c21-17-11-9-24-20(28)16(11)18(14-10-23-15-7-3-4-8-27(14)15)26-19(17)25-13-6-2-1-5-12(13)22/h3-4,7-10,12-13,24-25,28H,1-2,5-6,22H2/t12-,13+/m0/s1. The number of fused-ring (bicyclic) bond motifs is 2. The fourth-order valence-corrected chi connectivity index (χ4v) is 4.07. The molecule has 1 saturated carbocycles. The zero-order chi connectivity index (χ0) is 19.3. The predicted octanol–water partition coefficient (Wildman–Crippen LogP) is 3.40. The number of hydrogen-bond acceptors (Lipinski definition) is 5. The molecule has 7 nitrogen and oxygen atoms in total. The summed E-state index contributed by atoms with van der Waals surface area (Å²) in [4.78, 5) is 11.7. The minimum Gasteiger partial charge on any atom is -0.494 e. The summed E-state index contributed by atoms with van der Waals surface area (Å²) in [5.41, 5.74) is 8.11. The number of aromatic hydroxyl groups is 1. The Kier molecular flexibility index (Phi) is 3.94. The summed E-state index contributed by atoms with van der Waals surface area (Å²) in [6.45, 7) is 0. The summed E-state index contributed by atoms with van der Waals surface area (Å²) >= 11 is 0. The van der Waals surface area contributed by atoms with Crippen LogP contribution in [0.1, 0.15) is 25.7 Å². The zero-order valence-corrected chi connectivity index (χ0v) is 15.2. The van der Waals surface area contributed by atoms with Crippen molar-refractivity contribution in [1.29, 1.82) is 0 Å². The van der Waals surface area contributed by atoms with Crippen LogP contribution in [0.5, 0.6) is 5.88 Å². The fraction of sp³-hybridized carbons (Fsp3) is 0.300. The Morgan fingerprint density at radius 2 is 2.14 bits per heavy atom. The molecule has 8 heteroatoms. The van der Waals surface area contributed by atoms with Crippen molar-refractivity contribution in [3.8, 4) is 17.3 Å². The Morgan fingerprint density at radius 3 is 3.00 bits per heavy atom. The highest BCUT2D eigenvalue weighted by Crippen LogP contribution is 2.37. The number of nitrogens with zero attached hydrogens (tertiary/aromatic N) is 3. The first-order chi connectivity index (χ1) is 13.6. The molecule has 0 unspecified atom stereocenters. The van der Waals surface area contributed by atoms with E-state index >= 15 is 4.39 Å². The maximum absolute atomic E-state index is 15.2. The van der Waals surface area contributed by atoms with Gasteiger partial charge in [-0.05, 0) is 25.0 Å². The summed E-state index contributed by atoms with van der Waals surface area (Å²) in [5.74, 6) is -0.472. The molecule has 144 valence electrons. The number of aromatic amines is 1. The molecule has 0 saturated heterocycles. The van der Waals surface area contributed by atoms with Gasteiger partial charge in [-0.25, -0.2) is 14.4 Å². The lowest BCUT2D eigenvalue weighted by molar-refractivity contribution is 0.402. The first-order valence-electron chi connectivity index (χ1n) is 9.47. The van der Waals surface area contributed by atoms with Crippen molar-refractivity contribution in [3.05, 3.63) is 42.6 Å². The van der Waals surface area contributed by atoms with Crippen LogP contribution in [0.15, 0.2) is 36.8 Å². The molecule has 1 fully saturated rings. The molecule has 1 aliphatic rings. The minimum atomic E-state index is -0.498. The quantitative estimate of drug-likeness (QED) is 0.436. The minimum absolute atomic E-state index is 0.0317. The van der Waals surface area contributed by atoms with E-state index in [1.165, 1.54) is 6.20 Å². The number of halogens is 1. The van der Waals surface area contributed by atoms with Gasteiger partial charge >= 0.3 is 0 Å². The molecule has 1 aliphatic carbocycles. The Morgan fingerprint density at radius 1 is 1.29 bits per heavy atom. The monoisotopic (exact) mass is 380 g/mol. The van der Waals surface area contributed by atoms with Gasteiger partial charge in [-0.15, -0.1) is 0 Å². The van der Waals surface area contributed by atoms with E-state index in [0.717, 1.165) is 31.3 Å². The van der Waals surface area contributed by atoms with Crippen LogP contribution in [0.4, 0.5) is 10.2 Å². The summed E-state index contributed by atoms with van der Waals surface area (Å²) in [7, 11) is 0. The predicted molar refractivity (Wildman–Crippen MR) is 106 cm³/mol. The Balaban J connectivity index is 1.70. The van der Waals surface area contributed by atoms with Gasteiger partial charge in [-0.1, -0.05) is 18.9 Å². The summed E-state index contributed by atoms with van der Waals surface area (Å²) in [5, 5.41) is 14.1. The van der Waals surface area contributed by atoms with E-state index in [0.29, 0.717) is 16.8 Å². The van der Waals surface area contributed by atoms with Crippen LogP contribution in [0, 0.1) is 5.82 Å². The molecular weight excluding hydrogens is 359 g/mol. The van der Waals surface area contributed by atoms with Crippen LogP contribution >= 0.6 is 0 Å². The van der Waals surface area contributed by atoms with Crippen molar-refractivity contribution in [2.45, 2.75) is 37.8 Å². The molecule has 0 bridgehead atoms. The number of aromatic nitrogens is 4. The Hall–Kier alpha value is -3.13. The van der Waals surface area contributed by atoms with Crippen molar-refractivity contribution >= 4 is 22.2 Å². The van der Waals surface area contributed by atoms with Gasteiger partial charge in [0.05, 0.1) is 17.3 Å². The second-order valence-electron chi connectivity index (χ2n) is 7.32. The van der Waals surface area contributed by atoms with Crippen LogP contribution < -0.4 is 11.1 Å². The van der Waals surface area contributed by atoms with E-state index in [4.69, 9.17) is 5.73 Å². The van der Waals surface area contributed by atoms with E-state index in [9.17, 15) is 5.11 Å². The molecule has 5 rings (SSSR count). The molecule has 4 heterocycles. The van der Waals surface area contributed by atoms with Gasteiger partial charge < -0.3 is 21.1 Å². The molecule has 0 aliphatic heterocycles. The highest BCUT2D eigenvalue weighted by Gasteiger charge is 2.26. The molecular formula is C20H21FN6O. The SMILES string of the molecule is N[C@H]1CCCC[C@H]1Nc1nc(-c2cnc3ccccn23)c2c(O)[nH]cc2c1F. The third-order valence-corrected chi connectivity index (χ3v) is 5.57. The molecule has 0 amide bonds. The second kappa shape index (κ2) is 6.49. The van der Waals surface area contributed by atoms with Gasteiger partial charge in [0.25, 0.3) is 0 Å². The largest absolute Gasteiger partial charge is 0.494 e. The molecule has 4 aromatic heterocycles. The summed E-state index contributed by atoms with van der Waals surface area (Å²) < 4.78 is 17.0. The van der Waals surface area contributed by atoms with Gasteiger partial charge in [0, 0.05) is 29.9 Å². The lowest BCUT2D eigenvalue weighted by Gasteiger charge is -2.30. The third kappa shape index (κ3) is 2.60. The van der Waals surface area contributed by atoms with E-state index in [2.05, 4.69) is 20.3 Å².